The van der Waals surface area contributed by atoms with Gasteiger partial charge in [-0.05, 0) is 25.0 Å². The summed E-state index contributed by atoms with van der Waals surface area (Å²) >= 11 is 0. The largest absolute Gasteiger partial charge is 0.375 e. The minimum absolute atomic E-state index is 0.125. The molecular weight excluding hydrogens is 250 g/mol. The Morgan fingerprint density at radius 2 is 2.15 bits per heavy atom. The van der Waals surface area contributed by atoms with Crippen molar-refractivity contribution >= 4 is 22.5 Å². The molecule has 0 unspecified atom stereocenters. The molecule has 0 saturated carbocycles. The maximum absolute atomic E-state index is 11.6. The maximum Gasteiger partial charge on any atom is 0.240 e. The number of hydrogen-bond acceptors (Lipinski definition) is 3. The van der Waals surface area contributed by atoms with Crippen molar-refractivity contribution < 1.29 is 4.79 Å². The normalized spacial score (nSPS) is 10.1. The number of nitrogens with zero attached hydrogens (tertiary/aromatic N) is 1. The van der Waals surface area contributed by atoms with E-state index in [1.807, 2.05) is 38.2 Å². The molecule has 4 heteroatoms. The molecule has 20 heavy (non-hydrogen) atoms. The second-order valence-electron chi connectivity index (χ2n) is 4.62. The summed E-state index contributed by atoms with van der Waals surface area (Å²) < 4.78 is 0. The van der Waals surface area contributed by atoms with Crippen LogP contribution in [-0.2, 0) is 4.79 Å². The predicted molar refractivity (Wildman–Crippen MR) is 81.5 cm³/mol. The van der Waals surface area contributed by atoms with Gasteiger partial charge < -0.3 is 10.6 Å². The highest BCUT2D eigenvalue weighted by atomic mass is 16.1. The Bertz CT molecular complexity index is 686. The van der Waals surface area contributed by atoms with Crippen LogP contribution in [0.25, 0.3) is 10.9 Å². The van der Waals surface area contributed by atoms with Gasteiger partial charge in [-0.15, -0.1) is 6.42 Å². The predicted octanol–water partition coefficient (Wildman–Crippen LogP) is 2.01. The number of aryl methyl sites for hydroxylation is 2. The molecule has 1 aromatic carbocycles. The maximum atomic E-state index is 11.6. The van der Waals surface area contributed by atoms with Crippen molar-refractivity contribution in [3.8, 4) is 12.3 Å². The highest BCUT2D eigenvalue weighted by Gasteiger charge is 2.08. The van der Waals surface area contributed by atoms with Crippen molar-refractivity contribution in [2.75, 3.05) is 18.4 Å². The number of fused-ring (bicyclic) bond motifs is 1. The summed E-state index contributed by atoms with van der Waals surface area (Å²) in [5.74, 6) is 2.25. The van der Waals surface area contributed by atoms with E-state index >= 15 is 0 Å². The number of benzene rings is 1. The van der Waals surface area contributed by atoms with E-state index in [2.05, 4.69) is 21.5 Å². The lowest BCUT2D eigenvalue weighted by molar-refractivity contribution is -0.119. The van der Waals surface area contributed by atoms with Gasteiger partial charge in [0, 0.05) is 17.3 Å². The van der Waals surface area contributed by atoms with Crippen LogP contribution in [-0.4, -0.2) is 24.0 Å². The van der Waals surface area contributed by atoms with Gasteiger partial charge in [0.1, 0.15) is 0 Å². The molecule has 0 spiro atoms. The number of para-hydroxylation sites is 1. The van der Waals surface area contributed by atoms with Gasteiger partial charge in [-0.25, -0.2) is 0 Å². The highest BCUT2D eigenvalue weighted by molar-refractivity contribution is 5.95. The Hall–Kier alpha value is -2.54. The molecule has 0 saturated heterocycles. The number of pyridine rings is 1. The molecule has 2 N–H and O–H groups in total. The fourth-order valence-corrected chi connectivity index (χ4v) is 2.09. The van der Waals surface area contributed by atoms with Gasteiger partial charge in [0.25, 0.3) is 0 Å². The quantitative estimate of drug-likeness (QED) is 0.833. The van der Waals surface area contributed by atoms with Crippen molar-refractivity contribution in [1.82, 2.24) is 10.3 Å². The zero-order valence-corrected chi connectivity index (χ0v) is 11.7. The number of aromatic nitrogens is 1. The summed E-state index contributed by atoms with van der Waals surface area (Å²) in [5.41, 5.74) is 4.01. The molecule has 0 bridgehead atoms. The zero-order valence-electron chi connectivity index (χ0n) is 11.7. The molecule has 0 aliphatic carbocycles. The summed E-state index contributed by atoms with van der Waals surface area (Å²) in [6.07, 6.45) is 6.92. The van der Waals surface area contributed by atoms with E-state index in [-0.39, 0.29) is 19.0 Å². The number of carbonyl (C=O) groups excluding carboxylic acids is 1. The van der Waals surface area contributed by atoms with Crippen LogP contribution < -0.4 is 10.6 Å². The SMILES string of the molecule is C#CCNC(=O)CNc1c(C)cnc2c(C)cccc12. The Morgan fingerprint density at radius 3 is 2.90 bits per heavy atom. The van der Waals surface area contributed by atoms with Crippen molar-refractivity contribution in [2.45, 2.75) is 13.8 Å². The fourth-order valence-electron chi connectivity index (χ4n) is 2.09. The third kappa shape index (κ3) is 2.89. The van der Waals surface area contributed by atoms with Gasteiger partial charge in [-0.1, -0.05) is 24.1 Å². The number of carbonyl (C=O) groups is 1. The zero-order chi connectivity index (χ0) is 14.5. The van der Waals surface area contributed by atoms with Crippen LogP contribution in [0.4, 0.5) is 5.69 Å². The standard InChI is InChI=1S/C16H17N3O/c1-4-8-17-14(20)10-19-16-12(3)9-18-15-11(2)6-5-7-13(15)16/h1,5-7,9H,8,10H2,2-3H3,(H,17,20)(H,18,19). The topological polar surface area (TPSA) is 54.0 Å². The number of hydrogen-bond donors (Lipinski definition) is 2. The van der Waals surface area contributed by atoms with Crippen LogP contribution >= 0.6 is 0 Å². The molecule has 2 rings (SSSR count). The molecule has 1 heterocycles. The molecule has 0 fully saturated rings. The van der Waals surface area contributed by atoms with Gasteiger partial charge in [0.05, 0.1) is 18.6 Å². The van der Waals surface area contributed by atoms with Crippen molar-refractivity contribution in [3.63, 3.8) is 0 Å². The monoisotopic (exact) mass is 267 g/mol. The van der Waals surface area contributed by atoms with Gasteiger partial charge >= 0.3 is 0 Å². The number of amides is 1. The molecule has 102 valence electrons. The van der Waals surface area contributed by atoms with E-state index in [4.69, 9.17) is 6.42 Å². The Labute approximate surface area is 118 Å². The van der Waals surface area contributed by atoms with E-state index in [0.717, 1.165) is 27.7 Å². The van der Waals surface area contributed by atoms with Gasteiger partial charge in [0.15, 0.2) is 0 Å². The second kappa shape index (κ2) is 6.07. The van der Waals surface area contributed by atoms with Crippen LogP contribution in [0.3, 0.4) is 0 Å². The molecule has 1 amide bonds. The number of nitrogens with one attached hydrogen (secondary N) is 2. The van der Waals surface area contributed by atoms with Crippen LogP contribution in [0.1, 0.15) is 11.1 Å². The molecule has 0 radical (unpaired) electrons. The number of anilines is 1. The second-order valence-corrected chi connectivity index (χ2v) is 4.62. The lowest BCUT2D eigenvalue weighted by Gasteiger charge is -2.13. The lowest BCUT2D eigenvalue weighted by Crippen LogP contribution is -2.30. The smallest absolute Gasteiger partial charge is 0.240 e. The lowest BCUT2D eigenvalue weighted by atomic mass is 10.1. The van der Waals surface area contributed by atoms with Crippen LogP contribution in [0.15, 0.2) is 24.4 Å². The van der Waals surface area contributed by atoms with Crippen LogP contribution in [0, 0.1) is 26.2 Å². The fraction of sp³-hybridized carbons (Fsp3) is 0.250. The van der Waals surface area contributed by atoms with Crippen LogP contribution in [0.5, 0.6) is 0 Å². The van der Waals surface area contributed by atoms with Crippen LogP contribution in [0.2, 0.25) is 0 Å². The first-order chi connectivity index (χ1) is 9.63. The number of terminal acetylenes is 1. The third-order valence-electron chi connectivity index (χ3n) is 3.10. The summed E-state index contributed by atoms with van der Waals surface area (Å²) in [4.78, 5) is 16.1. The summed E-state index contributed by atoms with van der Waals surface area (Å²) in [6, 6.07) is 6.01. The summed E-state index contributed by atoms with van der Waals surface area (Å²) in [7, 11) is 0. The number of rotatable bonds is 4. The Morgan fingerprint density at radius 1 is 1.35 bits per heavy atom. The molecule has 4 nitrogen and oxygen atoms in total. The van der Waals surface area contributed by atoms with E-state index in [9.17, 15) is 4.79 Å². The van der Waals surface area contributed by atoms with Crippen molar-refractivity contribution in [3.05, 3.63) is 35.5 Å². The van der Waals surface area contributed by atoms with Crippen molar-refractivity contribution in [2.24, 2.45) is 0 Å². The van der Waals surface area contributed by atoms with E-state index in [1.165, 1.54) is 0 Å². The molecular formula is C16H17N3O. The first-order valence-electron chi connectivity index (χ1n) is 6.42. The van der Waals surface area contributed by atoms with Gasteiger partial charge in [-0.3, -0.25) is 9.78 Å². The summed E-state index contributed by atoms with van der Waals surface area (Å²) in [5, 5.41) is 6.82. The van der Waals surface area contributed by atoms with E-state index in [1.54, 1.807) is 0 Å². The Kier molecular flexibility index (Phi) is 4.21. The van der Waals surface area contributed by atoms with Gasteiger partial charge in [0.2, 0.25) is 5.91 Å². The average Bonchev–Trinajstić information content (AvgIpc) is 2.44. The molecule has 0 aliphatic heterocycles. The molecule has 0 aliphatic rings. The highest BCUT2D eigenvalue weighted by Crippen LogP contribution is 2.26. The molecule has 1 aromatic heterocycles. The molecule has 2 aromatic rings. The first kappa shape index (κ1) is 13.9. The van der Waals surface area contributed by atoms with E-state index < -0.39 is 0 Å². The average molecular weight is 267 g/mol. The Balaban J connectivity index is 2.26. The minimum atomic E-state index is -0.125. The minimum Gasteiger partial charge on any atom is -0.375 e. The van der Waals surface area contributed by atoms with Gasteiger partial charge in [-0.2, -0.15) is 0 Å². The summed E-state index contributed by atoms with van der Waals surface area (Å²) in [6.45, 7) is 4.43. The van der Waals surface area contributed by atoms with Crippen molar-refractivity contribution in [1.29, 1.82) is 0 Å². The third-order valence-corrected chi connectivity index (χ3v) is 3.10. The van der Waals surface area contributed by atoms with E-state index in [0.29, 0.717) is 0 Å². The molecule has 0 atom stereocenters. The first-order valence-corrected chi connectivity index (χ1v) is 6.42.